The van der Waals surface area contributed by atoms with E-state index in [0.717, 1.165) is 37.9 Å². The van der Waals surface area contributed by atoms with Crippen LogP contribution in [0.1, 0.15) is 33.3 Å². The Bertz CT molecular complexity index is 1120. The van der Waals surface area contributed by atoms with Crippen molar-refractivity contribution >= 4 is 33.7 Å². The molecule has 0 saturated heterocycles. The van der Waals surface area contributed by atoms with Gasteiger partial charge in [0.1, 0.15) is 12.3 Å². The number of nitrogens with zero attached hydrogens (tertiary/aromatic N) is 3. The summed E-state index contributed by atoms with van der Waals surface area (Å²) in [4.78, 5) is 21.4. The second-order valence-corrected chi connectivity index (χ2v) is 8.08. The Morgan fingerprint density at radius 3 is 2.87 bits per heavy atom. The molecule has 7 heteroatoms. The first kappa shape index (κ1) is 21.5. The number of nitrogens with one attached hydrogen (secondary N) is 1. The molecule has 0 aliphatic heterocycles. The number of pyridine rings is 1. The third-order valence-corrected chi connectivity index (χ3v) is 5.31. The van der Waals surface area contributed by atoms with E-state index in [1.54, 1.807) is 23.6 Å². The highest BCUT2D eigenvalue weighted by molar-refractivity contribution is 7.18. The molecule has 0 aromatic carbocycles. The van der Waals surface area contributed by atoms with Crippen LogP contribution in [0.3, 0.4) is 0 Å². The number of ether oxygens (including phenoxy) is 1. The Balaban J connectivity index is 2.16. The van der Waals surface area contributed by atoms with Crippen molar-refractivity contribution < 1.29 is 9.53 Å². The van der Waals surface area contributed by atoms with Gasteiger partial charge >= 0.3 is 5.97 Å². The average Bonchev–Trinajstić information content (AvgIpc) is 3.35. The van der Waals surface area contributed by atoms with Crippen molar-refractivity contribution in [2.24, 2.45) is 0 Å². The number of thiazole rings is 1. The van der Waals surface area contributed by atoms with Crippen molar-refractivity contribution in [2.75, 3.05) is 11.9 Å². The van der Waals surface area contributed by atoms with Crippen LogP contribution in [0.2, 0.25) is 0 Å². The van der Waals surface area contributed by atoms with Gasteiger partial charge in [-0.15, -0.1) is 0 Å². The number of imidazole rings is 1. The van der Waals surface area contributed by atoms with Crippen molar-refractivity contribution in [1.29, 1.82) is 0 Å². The van der Waals surface area contributed by atoms with Gasteiger partial charge in [-0.2, -0.15) is 0 Å². The zero-order chi connectivity index (χ0) is 21.7. The summed E-state index contributed by atoms with van der Waals surface area (Å²) >= 11 is 1.61. The number of anilines is 1. The lowest BCUT2D eigenvalue weighted by atomic mass is 9.98. The van der Waals surface area contributed by atoms with Gasteiger partial charge in [-0.25, -0.2) is 9.97 Å². The molecule has 1 N–H and O–H groups in total. The van der Waals surface area contributed by atoms with E-state index in [2.05, 4.69) is 41.8 Å². The smallest absolute Gasteiger partial charge is 0.302 e. The molecule has 0 bridgehead atoms. The minimum atomic E-state index is -0.330. The van der Waals surface area contributed by atoms with Crippen LogP contribution in [0.4, 0.5) is 5.13 Å². The first-order valence-electron chi connectivity index (χ1n) is 9.74. The van der Waals surface area contributed by atoms with Crippen LogP contribution in [0.25, 0.3) is 21.7 Å². The van der Waals surface area contributed by atoms with E-state index in [4.69, 9.17) is 4.74 Å². The van der Waals surface area contributed by atoms with Crippen molar-refractivity contribution in [3.8, 4) is 10.4 Å². The SMILES string of the molecule is C=C/C(COC(C)=O)=C(\C=C/C)c1cc(-c2cnc(NC(C)C)s2)cn2ccnc12. The normalized spacial score (nSPS) is 12.4. The molecule has 3 heterocycles. The Morgan fingerprint density at radius 1 is 1.40 bits per heavy atom. The first-order valence-corrected chi connectivity index (χ1v) is 10.6. The van der Waals surface area contributed by atoms with Crippen LogP contribution in [0.5, 0.6) is 0 Å². The molecule has 0 spiro atoms. The molecular formula is C23H26N4O2S. The van der Waals surface area contributed by atoms with Crippen LogP contribution in [0.15, 0.2) is 61.2 Å². The van der Waals surface area contributed by atoms with E-state index >= 15 is 0 Å². The molecule has 6 nitrogen and oxygen atoms in total. The van der Waals surface area contributed by atoms with Gasteiger partial charge in [0.05, 0.1) is 4.88 Å². The summed E-state index contributed by atoms with van der Waals surface area (Å²) in [6, 6.07) is 2.41. The molecule has 3 rings (SSSR count). The number of esters is 1. The van der Waals surface area contributed by atoms with Crippen LogP contribution in [0, 0.1) is 0 Å². The fourth-order valence-electron chi connectivity index (χ4n) is 3.05. The number of rotatable bonds is 8. The molecule has 0 unspecified atom stereocenters. The van der Waals surface area contributed by atoms with E-state index in [1.807, 2.05) is 42.1 Å². The van der Waals surface area contributed by atoms with E-state index in [1.165, 1.54) is 6.92 Å². The lowest BCUT2D eigenvalue weighted by Gasteiger charge is -2.13. The maximum atomic E-state index is 11.3. The molecule has 0 atom stereocenters. The van der Waals surface area contributed by atoms with Gasteiger partial charge in [-0.3, -0.25) is 4.79 Å². The summed E-state index contributed by atoms with van der Waals surface area (Å²) in [6.07, 6.45) is 13.3. The number of aromatic nitrogens is 3. The lowest BCUT2D eigenvalue weighted by molar-refractivity contribution is -0.139. The minimum Gasteiger partial charge on any atom is -0.461 e. The summed E-state index contributed by atoms with van der Waals surface area (Å²) in [5.41, 5.74) is 4.51. The number of hydrogen-bond acceptors (Lipinski definition) is 6. The summed E-state index contributed by atoms with van der Waals surface area (Å²) in [5.74, 6) is -0.330. The maximum absolute atomic E-state index is 11.3. The van der Waals surface area contributed by atoms with Gasteiger partial charge in [0.2, 0.25) is 0 Å². The number of allylic oxidation sites excluding steroid dienone is 3. The summed E-state index contributed by atoms with van der Waals surface area (Å²) in [5, 5.41) is 4.23. The molecule has 3 aromatic heterocycles. The van der Waals surface area contributed by atoms with Gasteiger partial charge < -0.3 is 14.5 Å². The number of fused-ring (bicyclic) bond motifs is 1. The molecule has 0 aliphatic carbocycles. The molecule has 3 aromatic rings. The van der Waals surface area contributed by atoms with Crippen molar-refractivity contribution in [3.63, 3.8) is 0 Å². The zero-order valence-electron chi connectivity index (χ0n) is 17.7. The van der Waals surface area contributed by atoms with Gasteiger partial charge in [0.15, 0.2) is 5.13 Å². The van der Waals surface area contributed by atoms with Crippen molar-refractivity contribution in [1.82, 2.24) is 14.4 Å². The van der Waals surface area contributed by atoms with E-state index in [0.29, 0.717) is 6.04 Å². The molecule has 0 amide bonds. The zero-order valence-corrected chi connectivity index (χ0v) is 18.5. The highest BCUT2D eigenvalue weighted by Gasteiger charge is 2.15. The van der Waals surface area contributed by atoms with Crippen LogP contribution < -0.4 is 5.32 Å². The number of carbonyl (C=O) groups excluding carboxylic acids is 1. The van der Waals surface area contributed by atoms with E-state index < -0.39 is 0 Å². The average molecular weight is 423 g/mol. The minimum absolute atomic E-state index is 0.151. The summed E-state index contributed by atoms with van der Waals surface area (Å²) < 4.78 is 7.24. The predicted octanol–water partition coefficient (Wildman–Crippen LogP) is 5.36. The Labute approximate surface area is 180 Å². The predicted molar refractivity (Wildman–Crippen MR) is 124 cm³/mol. The summed E-state index contributed by atoms with van der Waals surface area (Å²) in [7, 11) is 0. The van der Waals surface area contributed by atoms with E-state index in [9.17, 15) is 4.79 Å². The van der Waals surface area contributed by atoms with Crippen LogP contribution in [-0.4, -0.2) is 33.0 Å². The largest absolute Gasteiger partial charge is 0.461 e. The Morgan fingerprint density at radius 2 is 2.20 bits per heavy atom. The van der Waals surface area contributed by atoms with Gasteiger partial charge in [0, 0.05) is 48.9 Å². The summed E-state index contributed by atoms with van der Waals surface area (Å²) in [6.45, 7) is 11.6. The van der Waals surface area contributed by atoms with Crippen molar-refractivity contribution in [3.05, 3.63) is 66.8 Å². The third-order valence-electron chi connectivity index (χ3n) is 4.34. The van der Waals surface area contributed by atoms with Crippen LogP contribution >= 0.6 is 11.3 Å². The second-order valence-electron chi connectivity index (χ2n) is 7.05. The number of carbonyl (C=O) groups is 1. The molecular weight excluding hydrogens is 396 g/mol. The molecule has 0 aliphatic rings. The molecule has 0 saturated carbocycles. The third kappa shape index (κ3) is 4.86. The number of hydrogen-bond donors (Lipinski definition) is 1. The Kier molecular flexibility index (Phi) is 6.84. The standard InChI is InChI=1S/C23H26N4O2S/c1-6-8-19(17(7-2)14-29-16(5)28)20-11-18(13-27-10-9-24-22(20)27)21-12-25-23(30-21)26-15(3)4/h6-13,15H,2,14H2,1,3-5H3,(H,25,26)/b8-6-,19-17-. The Hall–Kier alpha value is -3.19. The molecule has 0 radical (unpaired) electrons. The fourth-order valence-corrected chi connectivity index (χ4v) is 3.99. The molecule has 30 heavy (non-hydrogen) atoms. The highest BCUT2D eigenvalue weighted by atomic mass is 32.1. The van der Waals surface area contributed by atoms with Crippen molar-refractivity contribution in [2.45, 2.75) is 33.7 Å². The highest BCUT2D eigenvalue weighted by Crippen LogP contribution is 2.34. The van der Waals surface area contributed by atoms with Crippen LogP contribution in [-0.2, 0) is 9.53 Å². The van der Waals surface area contributed by atoms with Gasteiger partial charge in [0.25, 0.3) is 0 Å². The molecule has 156 valence electrons. The quantitative estimate of drug-likeness (QED) is 0.391. The maximum Gasteiger partial charge on any atom is 0.302 e. The van der Waals surface area contributed by atoms with E-state index in [-0.39, 0.29) is 12.6 Å². The van der Waals surface area contributed by atoms with Gasteiger partial charge in [-0.1, -0.05) is 36.1 Å². The lowest BCUT2D eigenvalue weighted by Crippen LogP contribution is -2.08. The van der Waals surface area contributed by atoms with Gasteiger partial charge in [-0.05, 0) is 38.0 Å². The first-order chi connectivity index (χ1) is 14.4. The fraction of sp³-hybridized carbons (Fsp3) is 0.261. The monoisotopic (exact) mass is 422 g/mol. The second kappa shape index (κ2) is 9.54. The molecule has 0 fully saturated rings. The topological polar surface area (TPSA) is 68.5 Å².